The summed E-state index contributed by atoms with van der Waals surface area (Å²) in [5.41, 5.74) is 1.18. The first kappa shape index (κ1) is 22.1. The number of rotatable bonds is 6. The van der Waals surface area contributed by atoms with Crippen LogP contribution in [0.2, 0.25) is 0 Å². The summed E-state index contributed by atoms with van der Waals surface area (Å²) < 4.78 is 7.91. The monoisotopic (exact) mass is 477 g/mol. The molecule has 0 radical (unpaired) electrons. The number of aromatic nitrogens is 2. The third-order valence-corrected chi connectivity index (χ3v) is 7.40. The lowest BCUT2D eigenvalue weighted by Gasteiger charge is -2.13. The van der Waals surface area contributed by atoms with Crippen molar-refractivity contribution >= 4 is 38.9 Å². The highest BCUT2D eigenvalue weighted by molar-refractivity contribution is 7.18. The first-order valence-corrected chi connectivity index (χ1v) is 11.9. The zero-order valence-electron chi connectivity index (χ0n) is 18.6. The van der Waals surface area contributed by atoms with Gasteiger partial charge in [0.1, 0.15) is 17.1 Å². The first-order valence-electron chi connectivity index (χ1n) is 11.1. The minimum absolute atomic E-state index is 0.000641. The molecule has 1 N–H and O–H groups in total. The van der Waals surface area contributed by atoms with E-state index in [1.54, 1.807) is 36.4 Å². The Morgan fingerprint density at radius 1 is 1.06 bits per heavy atom. The zero-order valence-corrected chi connectivity index (χ0v) is 19.4. The quantitative estimate of drug-likeness (QED) is 0.428. The Balaban J connectivity index is 1.55. The van der Waals surface area contributed by atoms with E-state index in [1.807, 2.05) is 0 Å². The number of carbonyl (C=O) groups is 2. The second-order valence-electron chi connectivity index (χ2n) is 8.41. The Kier molecular flexibility index (Phi) is 5.79. The number of hydrogen-bond acceptors (Lipinski definition) is 6. The number of nitrogens with zero attached hydrogens (tertiary/aromatic N) is 2. The lowest BCUT2D eigenvalue weighted by molar-refractivity contribution is -0.116. The molecule has 5 rings (SSSR count). The molecule has 3 aromatic heterocycles. The van der Waals surface area contributed by atoms with E-state index in [-0.39, 0.29) is 24.4 Å². The number of aryl methyl sites for hydroxylation is 2. The summed E-state index contributed by atoms with van der Waals surface area (Å²) in [7, 11) is 0. The van der Waals surface area contributed by atoms with Crippen molar-refractivity contribution < 1.29 is 14.0 Å². The Morgan fingerprint density at radius 3 is 2.53 bits per heavy atom. The van der Waals surface area contributed by atoms with E-state index in [1.165, 1.54) is 29.1 Å². The largest absolute Gasteiger partial charge is 0.467 e. The van der Waals surface area contributed by atoms with Crippen LogP contribution in [0.1, 0.15) is 46.3 Å². The average Bonchev–Trinajstić information content (AvgIpc) is 3.47. The molecule has 3 heterocycles. The maximum atomic E-state index is 13.4. The van der Waals surface area contributed by atoms with Crippen LogP contribution in [-0.2, 0) is 30.7 Å². The number of benzene rings is 1. The van der Waals surface area contributed by atoms with Gasteiger partial charge in [-0.05, 0) is 74.6 Å². The van der Waals surface area contributed by atoms with Crippen LogP contribution in [0, 0.1) is 0 Å². The molecule has 1 aromatic carbocycles. The van der Waals surface area contributed by atoms with Crippen LogP contribution in [0.25, 0.3) is 10.2 Å². The van der Waals surface area contributed by atoms with Gasteiger partial charge in [0, 0.05) is 16.1 Å². The van der Waals surface area contributed by atoms with Crippen LogP contribution in [0.4, 0.5) is 5.69 Å². The fraction of sp³-hybridized carbons (Fsp3) is 0.280. The SMILES string of the molecule is CC(=O)c1ccc(NC(=O)Cn2c(=O)n(Cc3ccco3)c(=O)c3c4c(sc32)CCCC4)cc1. The third kappa shape index (κ3) is 4.03. The van der Waals surface area contributed by atoms with Crippen molar-refractivity contribution in [1.29, 1.82) is 0 Å². The lowest BCUT2D eigenvalue weighted by Crippen LogP contribution is -2.41. The summed E-state index contributed by atoms with van der Waals surface area (Å²) >= 11 is 1.43. The molecule has 0 spiro atoms. The van der Waals surface area contributed by atoms with Gasteiger partial charge < -0.3 is 9.73 Å². The molecule has 0 saturated carbocycles. The number of amides is 1. The molecule has 1 aliphatic rings. The fourth-order valence-corrected chi connectivity index (χ4v) is 5.76. The molecule has 8 nitrogen and oxygen atoms in total. The van der Waals surface area contributed by atoms with E-state index < -0.39 is 11.6 Å². The van der Waals surface area contributed by atoms with E-state index in [0.717, 1.165) is 40.7 Å². The van der Waals surface area contributed by atoms with Gasteiger partial charge in [-0.15, -0.1) is 11.3 Å². The van der Waals surface area contributed by atoms with Crippen molar-refractivity contribution in [3.63, 3.8) is 0 Å². The summed E-state index contributed by atoms with van der Waals surface area (Å²) in [5, 5.41) is 3.31. The number of ketones is 1. The number of fused-ring (bicyclic) bond motifs is 3. The van der Waals surface area contributed by atoms with Gasteiger partial charge in [-0.1, -0.05) is 0 Å². The van der Waals surface area contributed by atoms with Gasteiger partial charge in [0.25, 0.3) is 5.56 Å². The molecular formula is C25H23N3O5S. The van der Waals surface area contributed by atoms with Crippen molar-refractivity contribution in [1.82, 2.24) is 9.13 Å². The summed E-state index contributed by atoms with van der Waals surface area (Å²) in [6, 6.07) is 9.98. The van der Waals surface area contributed by atoms with Crippen LogP contribution in [-0.4, -0.2) is 20.8 Å². The molecule has 0 unspecified atom stereocenters. The van der Waals surface area contributed by atoms with Crippen LogP contribution in [0.15, 0.2) is 56.7 Å². The van der Waals surface area contributed by atoms with E-state index in [9.17, 15) is 19.2 Å². The topological polar surface area (TPSA) is 103 Å². The molecule has 0 atom stereocenters. The molecule has 1 amide bonds. The Morgan fingerprint density at radius 2 is 1.82 bits per heavy atom. The number of furan rings is 1. The number of nitrogens with one attached hydrogen (secondary N) is 1. The highest BCUT2D eigenvalue weighted by Gasteiger charge is 2.24. The van der Waals surface area contributed by atoms with E-state index in [4.69, 9.17) is 4.42 Å². The molecule has 1 aliphatic carbocycles. The van der Waals surface area contributed by atoms with Crippen molar-refractivity contribution in [2.45, 2.75) is 45.7 Å². The van der Waals surface area contributed by atoms with Crippen LogP contribution in [0.5, 0.6) is 0 Å². The van der Waals surface area contributed by atoms with Crippen molar-refractivity contribution in [3.8, 4) is 0 Å². The predicted octanol–water partition coefficient (Wildman–Crippen LogP) is 3.59. The van der Waals surface area contributed by atoms with E-state index in [2.05, 4.69) is 5.32 Å². The predicted molar refractivity (Wildman–Crippen MR) is 130 cm³/mol. The molecule has 174 valence electrons. The number of carbonyl (C=O) groups excluding carboxylic acids is 2. The highest BCUT2D eigenvalue weighted by Crippen LogP contribution is 2.34. The number of anilines is 1. The lowest BCUT2D eigenvalue weighted by atomic mass is 9.97. The normalized spacial score (nSPS) is 13.1. The summed E-state index contributed by atoms with van der Waals surface area (Å²) in [6.45, 7) is 1.24. The maximum Gasteiger partial charge on any atom is 0.333 e. The first-order chi connectivity index (χ1) is 16.4. The molecule has 4 aromatic rings. The highest BCUT2D eigenvalue weighted by atomic mass is 32.1. The number of thiophene rings is 1. The second kappa shape index (κ2) is 8.90. The van der Waals surface area contributed by atoms with Gasteiger partial charge in [0.15, 0.2) is 5.78 Å². The minimum atomic E-state index is -0.547. The van der Waals surface area contributed by atoms with Crippen molar-refractivity contribution in [2.24, 2.45) is 0 Å². The molecule has 0 aliphatic heterocycles. The van der Waals surface area contributed by atoms with Gasteiger partial charge in [-0.3, -0.25) is 23.5 Å². The van der Waals surface area contributed by atoms with Crippen LogP contribution in [0.3, 0.4) is 0 Å². The summed E-state index contributed by atoms with van der Waals surface area (Å²) in [6.07, 6.45) is 5.19. The van der Waals surface area contributed by atoms with Crippen LogP contribution >= 0.6 is 11.3 Å². The van der Waals surface area contributed by atoms with Gasteiger partial charge >= 0.3 is 5.69 Å². The Labute approximate surface area is 198 Å². The zero-order chi connectivity index (χ0) is 23.8. The maximum absolute atomic E-state index is 13.4. The van der Waals surface area contributed by atoms with Crippen molar-refractivity contribution in [3.05, 3.63) is 85.3 Å². The van der Waals surface area contributed by atoms with Gasteiger partial charge in [0.05, 0.1) is 18.2 Å². The number of Topliss-reactive ketones (excluding diaryl/α,β-unsaturated/α-hetero) is 1. The second-order valence-corrected chi connectivity index (χ2v) is 9.50. The van der Waals surface area contributed by atoms with Crippen molar-refractivity contribution in [2.75, 3.05) is 5.32 Å². The van der Waals surface area contributed by atoms with Crippen LogP contribution < -0.4 is 16.6 Å². The Hall–Kier alpha value is -3.72. The van der Waals surface area contributed by atoms with Gasteiger partial charge in [-0.2, -0.15) is 0 Å². The van der Waals surface area contributed by atoms with Gasteiger partial charge in [0.2, 0.25) is 5.91 Å². The van der Waals surface area contributed by atoms with E-state index in [0.29, 0.717) is 27.2 Å². The van der Waals surface area contributed by atoms with E-state index >= 15 is 0 Å². The molecule has 9 heteroatoms. The molecular weight excluding hydrogens is 454 g/mol. The molecule has 0 fully saturated rings. The summed E-state index contributed by atoms with van der Waals surface area (Å²) in [5.74, 6) is 0.0325. The minimum Gasteiger partial charge on any atom is -0.467 e. The summed E-state index contributed by atoms with van der Waals surface area (Å²) in [4.78, 5) is 52.9. The fourth-order valence-electron chi connectivity index (χ4n) is 4.39. The molecule has 0 bridgehead atoms. The van der Waals surface area contributed by atoms with Gasteiger partial charge in [-0.25, -0.2) is 4.79 Å². The standard InChI is InChI=1S/C25H23N3O5S/c1-15(29)16-8-10-17(11-9-16)26-21(30)14-28-24-22(19-6-2-3-7-20(19)34-24)23(31)27(25(28)32)13-18-5-4-12-33-18/h4-5,8-12H,2-3,6-7,13-14H2,1H3,(H,26,30). The molecule has 34 heavy (non-hydrogen) atoms. The number of hydrogen-bond donors (Lipinski definition) is 1. The average molecular weight is 478 g/mol. The molecule has 0 saturated heterocycles. The smallest absolute Gasteiger partial charge is 0.333 e. The third-order valence-electron chi connectivity index (χ3n) is 6.09. The Bertz CT molecular complexity index is 1510.